The number of hydrogen-bond acceptors (Lipinski definition) is 2. The third-order valence-electron chi connectivity index (χ3n) is 4.20. The van der Waals surface area contributed by atoms with E-state index in [4.69, 9.17) is 23.2 Å². The molecule has 0 heterocycles. The number of fused-ring (bicyclic) bond motifs is 1. The van der Waals surface area contributed by atoms with Gasteiger partial charge in [-0.25, -0.2) is 0 Å². The molecule has 1 atom stereocenters. The number of Topliss-reactive ketones (excluding diaryl/α,β-unsaturated/α-hetero) is 1. The van der Waals surface area contributed by atoms with Gasteiger partial charge in [0.2, 0.25) is 0 Å². The summed E-state index contributed by atoms with van der Waals surface area (Å²) in [6.45, 7) is 3.79. The fourth-order valence-corrected chi connectivity index (χ4v) is 3.61. The van der Waals surface area contributed by atoms with E-state index in [1.807, 2.05) is 44.2 Å². The highest BCUT2D eigenvalue weighted by molar-refractivity contribution is 6.45. The van der Waals surface area contributed by atoms with Crippen LogP contribution in [-0.2, 0) is 0 Å². The van der Waals surface area contributed by atoms with Crippen LogP contribution < -0.4 is 0 Å². The fraction of sp³-hybridized carbons (Fsp3) is 0.235. The Hall–Kier alpha value is -1.51. The number of hydrogen-bond donors (Lipinski definition) is 1. The molecule has 0 amide bonds. The second-order valence-electron chi connectivity index (χ2n) is 5.88. The molecule has 0 bridgehead atoms. The summed E-state index contributed by atoms with van der Waals surface area (Å²) < 4.78 is 0. The van der Waals surface area contributed by atoms with E-state index in [2.05, 4.69) is 0 Å². The maximum absolute atomic E-state index is 12.8. The topological polar surface area (TPSA) is 37.3 Å². The Morgan fingerprint density at radius 2 is 1.71 bits per heavy atom. The van der Waals surface area contributed by atoms with Crippen LogP contribution in [0.2, 0.25) is 10.0 Å². The highest BCUT2D eigenvalue weighted by Gasteiger charge is 2.48. The normalized spacial score (nSPS) is 19.6. The van der Waals surface area contributed by atoms with Crippen molar-refractivity contribution in [3.05, 3.63) is 63.1 Å². The number of ketones is 1. The van der Waals surface area contributed by atoms with Crippen molar-refractivity contribution in [2.24, 2.45) is 5.41 Å². The number of carbonyl (C=O) groups is 1. The fourth-order valence-electron chi connectivity index (χ4n) is 3.17. The lowest BCUT2D eigenvalue weighted by Crippen LogP contribution is -2.24. The van der Waals surface area contributed by atoms with Gasteiger partial charge in [0.25, 0.3) is 0 Å². The summed E-state index contributed by atoms with van der Waals surface area (Å²) in [4.78, 5) is 12.8. The van der Waals surface area contributed by atoms with Crippen LogP contribution in [0.5, 0.6) is 5.75 Å². The second-order valence-corrected chi connectivity index (χ2v) is 6.64. The van der Waals surface area contributed by atoms with Gasteiger partial charge in [0.1, 0.15) is 10.8 Å². The van der Waals surface area contributed by atoms with Gasteiger partial charge in [-0.3, -0.25) is 4.79 Å². The van der Waals surface area contributed by atoms with Crippen LogP contribution in [-0.4, -0.2) is 10.9 Å². The van der Waals surface area contributed by atoms with Crippen LogP contribution >= 0.6 is 23.2 Å². The molecule has 2 aromatic carbocycles. The molecule has 1 aliphatic rings. The minimum absolute atomic E-state index is 0.0354. The van der Waals surface area contributed by atoms with Crippen molar-refractivity contribution in [1.29, 1.82) is 0 Å². The molecule has 1 N–H and O–H groups in total. The summed E-state index contributed by atoms with van der Waals surface area (Å²) in [5.41, 5.74) is 1.55. The summed E-state index contributed by atoms with van der Waals surface area (Å²) in [5, 5.41) is 10.1. The largest absolute Gasteiger partial charge is 0.506 e. The number of carbonyl (C=O) groups excluding carboxylic acids is 1. The molecule has 0 fully saturated rings. The lowest BCUT2D eigenvalue weighted by atomic mass is 9.75. The number of halogens is 2. The average Bonchev–Trinajstić information content (AvgIpc) is 2.64. The maximum atomic E-state index is 12.8. The van der Waals surface area contributed by atoms with Crippen molar-refractivity contribution in [2.45, 2.75) is 19.8 Å². The van der Waals surface area contributed by atoms with Gasteiger partial charge in [0.05, 0.1) is 5.02 Å². The van der Waals surface area contributed by atoms with E-state index in [1.54, 1.807) is 6.07 Å². The van der Waals surface area contributed by atoms with Crippen LogP contribution in [0.25, 0.3) is 0 Å². The first-order chi connectivity index (χ1) is 9.85. The first-order valence-electron chi connectivity index (χ1n) is 6.66. The SMILES string of the molecule is CC1(C)C(=O)c2c(cc(O)c(Cl)c2Cl)C1c1ccccc1. The van der Waals surface area contributed by atoms with Crippen LogP contribution in [0.15, 0.2) is 36.4 Å². The zero-order valence-corrected chi connectivity index (χ0v) is 13.2. The number of benzene rings is 2. The average molecular weight is 321 g/mol. The lowest BCUT2D eigenvalue weighted by molar-refractivity contribution is 0.0847. The van der Waals surface area contributed by atoms with Crippen molar-refractivity contribution < 1.29 is 9.90 Å². The van der Waals surface area contributed by atoms with Gasteiger partial charge >= 0.3 is 0 Å². The van der Waals surface area contributed by atoms with E-state index >= 15 is 0 Å². The quantitative estimate of drug-likeness (QED) is 0.798. The van der Waals surface area contributed by atoms with Gasteiger partial charge in [-0.05, 0) is 17.2 Å². The summed E-state index contributed by atoms with van der Waals surface area (Å²) in [7, 11) is 0. The zero-order chi connectivity index (χ0) is 15.4. The standard InChI is InChI=1S/C17H14Cl2O2/c1-17(2)13(9-6-4-3-5-7-9)10-8-11(20)14(18)15(19)12(10)16(17)21/h3-8,13,20H,1-2H3. The summed E-state index contributed by atoms with van der Waals surface area (Å²) >= 11 is 12.2. The van der Waals surface area contributed by atoms with Crippen molar-refractivity contribution in [3.63, 3.8) is 0 Å². The van der Waals surface area contributed by atoms with Crippen LogP contribution in [0.3, 0.4) is 0 Å². The van der Waals surface area contributed by atoms with Gasteiger partial charge in [-0.1, -0.05) is 67.4 Å². The first-order valence-corrected chi connectivity index (χ1v) is 7.42. The molecule has 0 radical (unpaired) electrons. The van der Waals surface area contributed by atoms with Gasteiger partial charge in [0, 0.05) is 16.9 Å². The van der Waals surface area contributed by atoms with Crippen molar-refractivity contribution >= 4 is 29.0 Å². The minimum Gasteiger partial charge on any atom is -0.506 e. The molecule has 0 aromatic heterocycles. The van der Waals surface area contributed by atoms with Crippen LogP contribution in [0.1, 0.15) is 41.3 Å². The smallest absolute Gasteiger partial charge is 0.171 e. The van der Waals surface area contributed by atoms with Crippen molar-refractivity contribution in [1.82, 2.24) is 0 Å². The Morgan fingerprint density at radius 3 is 2.33 bits per heavy atom. The molecule has 21 heavy (non-hydrogen) atoms. The molecule has 2 nitrogen and oxygen atoms in total. The molecule has 4 heteroatoms. The van der Waals surface area contributed by atoms with Gasteiger partial charge < -0.3 is 5.11 Å². The van der Waals surface area contributed by atoms with Crippen LogP contribution in [0.4, 0.5) is 0 Å². The van der Waals surface area contributed by atoms with E-state index in [9.17, 15) is 9.90 Å². The molecular formula is C17H14Cl2O2. The van der Waals surface area contributed by atoms with Gasteiger partial charge in [0.15, 0.2) is 5.78 Å². The zero-order valence-electron chi connectivity index (χ0n) is 11.7. The Bertz CT molecular complexity index is 736. The lowest BCUT2D eigenvalue weighted by Gasteiger charge is -2.26. The highest BCUT2D eigenvalue weighted by atomic mass is 35.5. The Morgan fingerprint density at radius 1 is 1.10 bits per heavy atom. The molecule has 0 spiro atoms. The predicted octanol–water partition coefficient (Wildman–Crippen LogP) is 5.05. The number of rotatable bonds is 1. The molecule has 2 aromatic rings. The first kappa shape index (κ1) is 14.4. The maximum Gasteiger partial charge on any atom is 0.171 e. The predicted molar refractivity (Wildman–Crippen MR) is 84.5 cm³/mol. The summed E-state index contributed by atoms with van der Waals surface area (Å²) in [6.07, 6.45) is 0. The van der Waals surface area contributed by atoms with Crippen LogP contribution in [0, 0.1) is 5.41 Å². The molecule has 108 valence electrons. The van der Waals surface area contributed by atoms with Gasteiger partial charge in [-0.15, -0.1) is 0 Å². The Balaban J connectivity index is 2.32. The third kappa shape index (κ3) is 1.97. The van der Waals surface area contributed by atoms with E-state index in [0.717, 1.165) is 11.1 Å². The minimum atomic E-state index is -0.634. The number of aromatic hydroxyl groups is 1. The van der Waals surface area contributed by atoms with E-state index in [0.29, 0.717) is 5.56 Å². The third-order valence-corrected chi connectivity index (χ3v) is 5.05. The molecule has 0 saturated heterocycles. The molecule has 0 saturated carbocycles. The second kappa shape index (κ2) is 4.75. The summed E-state index contributed by atoms with van der Waals surface area (Å²) in [6, 6.07) is 11.3. The molecular weight excluding hydrogens is 307 g/mol. The van der Waals surface area contributed by atoms with E-state index in [-0.39, 0.29) is 27.5 Å². The Labute approximate surface area is 133 Å². The molecule has 0 aliphatic heterocycles. The summed E-state index contributed by atoms with van der Waals surface area (Å²) in [5.74, 6) is -0.285. The van der Waals surface area contributed by atoms with Crippen molar-refractivity contribution in [2.75, 3.05) is 0 Å². The molecule has 1 unspecified atom stereocenters. The number of phenolic OH excluding ortho intramolecular Hbond substituents is 1. The van der Waals surface area contributed by atoms with Gasteiger partial charge in [-0.2, -0.15) is 0 Å². The monoisotopic (exact) mass is 320 g/mol. The Kier molecular flexibility index (Phi) is 3.27. The number of phenols is 1. The molecule has 1 aliphatic carbocycles. The van der Waals surface area contributed by atoms with Crippen molar-refractivity contribution in [3.8, 4) is 5.75 Å². The molecule has 3 rings (SSSR count). The van der Waals surface area contributed by atoms with E-state index < -0.39 is 5.41 Å². The van der Waals surface area contributed by atoms with E-state index in [1.165, 1.54) is 0 Å². The highest BCUT2D eigenvalue weighted by Crippen LogP contribution is 2.54.